The molecular formula is C15H19Cl2N3O3. The number of likely N-dealkylation sites (tertiary alicyclic amines) is 1. The summed E-state index contributed by atoms with van der Waals surface area (Å²) in [5.74, 6) is -0.487. The summed E-state index contributed by atoms with van der Waals surface area (Å²) in [6, 6.07) is 3.10. The van der Waals surface area contributed by atoms with E-state index in [-0.39, 0.29) is 33.7 Å². The molecule has 1 aliphatic heterocycles. The predicted octanol–water partition coefficient (Wildman–Crippen LogP) is 3.38. The molecule has 6 nitrogen and oxygen atoms in total. The lowest BCUT2D eigenvalue weighted by molar-refractivity contribution is -0.121. The number of ether oxygens (including phenoxy) is 1. The van der Waals surface area contributed by atoms with Crippen molar-refractivity contribution >= 4 is 46.6 Å². The van der Waals surface area contributed by atoms with Gasteiger partial charge < -0.3 is 20.7 Å². The quantitative estimate of drug-likeness (QED) is 0.810. The monoisotopic (exact) mass is 359 g/mol. The van der Waals surface area contributed by atoms with E-state index in [9.17, 15) is 9.59 Å². The van der Waals surface area contributed by atoms with Crippen molar-refractivity contribution in [2.24, 2.45) is 5.92 Å². The van der Waals surface area contributed by atoms with E-state index in [1.807, 2.05) is 0 Å². The zero-order valence-electron chi connectivity index (χ0n) is 12.8. The van der Waals surface area contributed by atoms with Crippen LogP contribution in [0.1, 0.15) is 19.8 Å². The van der Waals surface area contributed by atoms with Crippen LogP contribution in [0.25, 0.3) is 0 Å². The maximum atomic E-state index is 12.4. The van der Waals surface area contributed by atoms with E-state index >= 15 is 0 Å². The van der Waals surface area contributed by atoms with Crippen LogP contribution in [0, 0.1) is 5.92 Å². The van der Waals surface area contributed by atoms with Crippen molar-refractivity contribution in [3.63, 3.8) is 0 Å². The molecule has 1 heterocycles. The molecule has 1 aromatic rings. The average Bonchev–Trinajstić information content (AvgIpc) is 2.53. The number of amides is 2. The van der Waals surface area contributed by atoms with Crippen molar-refractivity contribution in [2.45, 2.75) is 19.8 Å². The molecule has 0 bridgehead atoms. The highest BCUT2D eigenvalue weighted by Crippen LogP contribution is 2.31. The van der Waals surface area contributed by atoms with Gasteiger partial charge in [-0.1, -0.05) is 23.2 Å². The van der Waals surface area contributed by atoms with E-state index in [2.05, 4.69) is 5.32 Å². The second-order valence-corrected chi connectivity index (χ2v) is 6.14. The lowest BCUT2D eigenvalue weighted by Crippen LogP contribution is -2.44. The summed E-state index contributed by atoms with van der Waals surface area (Å²) in [7, 11) is 0. The first kappa shape index (κ1) is 17.7. The number of halogens is 2. The molecule has 1 fully saturated rings. The third kappa shape index (κ3) is 4.42. The van der Waals surface area contributed by atoms with Crippen LogP contribution in [0.2, 0.25) is 10.0 Å². The maximum Gasteiger partial charge on any atom is 0.409 e. The Bertz CT molecular complexity index is 587. The molecule has 1 atom stereocenters. The molecule has 0 saturated carbocycles. The van der Waals surface area contributed by atoms with Gasteiger partial charge in [0.15, 0.2) is 0 Å². The molecule has 0 aromatic heterocycles. The van der Waals surface area contributed by atoms with Crippen molar-refractivity contribution in [1.82, 2.24) is 4.90 Å². The minimum atomic E-state index is -0.386. The van der Waals surface area contributed by atoms with Gasteiger partial charge in [-0.05, 0) is 31.9 Å². The molecule has 23 heavy (non-hydrogen) atoms. The summed E-state index contributed by atoms with van der Waals surface area (Å²) in [5, 5.41) is 3.33. The zero-order valence-corrected chi connectivity index (χ0v) is 14.3. The van der Waals surface area contributed by atoms with Gasteiger partial charge >= 0.3 is 6.09 Å². The number of nitrogen functional groups attached to an aromatic ring is 1. The lowest BCUT2D eigenvalue weighted by Gasteiger charge is -2.31. The van der Waals surface area contributed by atoms with Crippen LogP contribution >= 0.6 is 23.2 Å². The number of nitrogens with one attached hydrogen (secondary N) is 1. The highest BCUT2D eigenvalue weighted by Gasteiger charge is 2.29. The number of nitrogens with zero attached hydrogens (tertiary/aromatic N) is 1. The van der Waals surface area contributed by atoms with E-state index in [4.69, 9.17) is 33.7 Å². The largest absolute Gasteiger partial charge is 0.450 e. The van der Waals surface area contributed by atoms with E-state index in [1.54, 1.807) is 24.0 Å². The first-order valence-electron chi connectivity index (χ1n) is 7.39. The summed E-state index contributed by atoms with van der Waals surface area (Å²) in [5.41, 5.74) is 6.42. The minimum Gasteiger partial charge on any atom is -0.450 e. The fourth-order valence-corrected chi connectivity index (χ4v) is 2.96. The third-order valence-corrected chi connectivity index (χ3v) is 4.29. The molecular weight excluding hydrogens is 341 g/mol. The summed E-state index contributed by atoms with van der Waals surface area (Å²) >= 11 is 11.9. The molecule has 0 radical (unpaired) electrons. The number of carbonyl (C=O) groups is 2. The molecule has 1 aliphatic rings. The Morgan fingerprint density at radius 2 is 2.04 bits per heavy atom. The molecule has 126 valence electrons. The van der Waals surface area contributed by atoms with Gasteiger partial charge in [0.1, 0.15) is 0 Å². The fourth-order valence-electron chi connectivity index (χ4n) is 2.47. The number of carbonyl (C=O) groups excluding carboxylic acids is 2. The van der Waals surface area contributed by atoms with Crippen molar-refractivity contribution in [2.75, 3.05) is 30.7 Å². The fraction of sp³-hybridized carbons (Fsp3) is 0.467. The number of anilines is 2. The molecule has 1 aromatic carbocycles. The summed E-state index contributed by atoms with van der Waals surface area (Å²) < 4.78 is 4.98. The molecule has 1 saturated heterocycles. The Hall–Kier alpha value is -1.66. The highest BCUT2D eigenvalue weighted by atomic mass is 35.5. The van der Waals surface area contributed by atoms with Gasteiger partial charge in [-0.15, -0.1) is 0 Å². The third-order valence-electron chi connectivity index (χ3n) is 3.66. The van der Waals surface area contributed by atoms with Crippen molar-refractivity contribution in [3.05, 3.63) is 22.2 Å². The Morgan fingerprint density at radius 3 is 2.65 bits per heavy atom. The summed E-state index contributed by atoms with van der Waals surface area (Å²) in [6.45, 7) is 3.00. The van der Waals surface area contributed by atoms with Gasteiger partial charge in [-0.2, -0.15) is 0 Å². The second kappa shape index (κ2) is 7.75. The topological polar surface area (TPSA) is 84.7 Å². The van der Waals surface area contributed by atoms with Gasteiger partial charge in [0.25, 0.3) is 0 Å². The first-order chi connectivity index (χ1) is 10.9. The lowest BCUT2D eigenvalue weighted by atomic mass is 9.97. The van der Waals surface area contributed by atoms with Crippen molar-refractivity contribution in [1.29, 1.82) is 0 Å². The van der Waals surface area contributed by atoms with Crippen molar-refractivity contribution < 1.29 is 14.3 Å². The number of nitrogens with two attached hydrogens (primary N) is 1. The van der Waals surface area contributed by atoms with Crippen LogP contribution in [-0.2, 0) is 9.53 Å². The van der Waals surface area contributed by atoms with E-state index in [0.717, 1.165) is 6.42 Å². The number of piperidine rings is 1. The predicted molar refractivity (Wildman–Crippen MR) is 90.8 cm³/mol. The van der Waals surface area contributed by atoms with Gasteiger partial charge in [0.2, 0.25) is 5.91 Å². The van der Waals surface area contributed by atoms with E-state index in [1.165, 1.54) is 0 Å². The number of hydrogen-bond donors (Lipinski definition) is 2. The number of hydrogen-bond acceptors (Lipinski definition) is 4. The van der Waals surface area contributed by atoms with Gasteiger partial charge in [0.05, 0.1) is 28.3 Å². The highest BCUT2D eigenvalue weighted by molar-refractivity contribution is 6.39. The molecule has 2 amide bonds. The minimum absolute atomic E-state index is 0.184. The zero-order chi connectivity index (χ0) is 17.0. The molecule has 2 rings (SSSR count). The van der Waals surface area contributed by atoms with Crippen LogP contribution < -0.4 is 11.1 Å². The molecule has 0 spiro atoms. The van der Waals surface area contributed by atoms with Gasteiger partial charge in [0, 0.05) is 18.8 Å². The molecule has 1 unspecified atom stereocenters. The van der Waals surface area contributed by atoms with E-state index in [0.29, 0.717) is 31.8 Å². The van der Waals surface area contributed by atoms with Crippen molar-refractivity contribution in [3.8, 4) is 0 Å². The maximum absolute atomic E-state index is 12.4. The average molecular weight is 360 g/mol. The Morgan fingerprint density at radius 1 is 1.39 bits per heavy atom. The van der Waals surface area contributed by atoms with Crippen LogP contribution in [0.3, 0.4) is 0 Å². The molecule has 8 heteroatoms. The normalized spacial score (nSPS) is 17.7. The van der Waals surface area contributed by atoms with Gasteiger partial charge in [-0.25, -0.2) is 4.79 Å². The SMILES string of the molecule is CCOC(=O)N1CCCC(C(=O)Nc2cc(Cl)c(N)c(Cl)c2)C1. The van der Waals surface area contributed by atoms with Crippen LogP contribution in [0.4, 0.5) is 16.2 Å². The first-order valence-corrected chi connectivity index (χ1v) is 8.15. The summed E-state index contributed by atoms with van der Waals surface area (Å²) in [6.07, 6.45) is 1.07. The Kier molecular flexibility index (Phi) is 5.96. The van der Waals surface area contributed by atoms with Gasteiger partial charge in [-0.3, -0.25) is 4.79 Å². The Labute approximate surface area is 144 Å². The summed E-state index contributed by atoms with van der Waals surface area (Å²) in [4.78, 5) is 25.7. The molecule has 3 N–H and O–H groups in total. The molecule has 0 aliphatic carbocycles. The smallest absolute Gasteiger partial charge is 0.409 e. The van der Waals surface area contributed by atoms with E-state index < -0.39 is 0 Å². The Balaban J connectivity index is 2.01. The van der Waals surface area contributed by atoms with Crippen LogP contribution in [-0.4, -0.2) is 36.6 Å². The standard InChI is InChI=1S/C15H19Cl2N3O3/c1-2-23-15(22)20-5-3-4-9(8-20)14(21)19-10-6-11(16)13(18)12(17)7-10/h6-7,9H,2-5,8,18H2,1H3,(H,19,21). The number of benzene rings is 1. The van der Waals surface area contributed by atoms with Crippen LogP contribution in [0.15, 0.2) is 12.1 Å². The second-order valence-electron chi connectivity index (χ2n) is 5.33. The number of rotatable bonds is 3. The van der Waals surface area contributed by atoms with Crippen LogP contribution in [0.5, 0.6) is 0 Å².